The van der Waals surface area contributed by atoms with Gasteiger partial charge >= 0.3 is 0 Å². The lowest BCUT2D eigenvalue weighted by molar-refractivity contribution is -0.0896. The third-order valence-electron chi connectivity index (χ3n) is 4.56. The van der Waals surface area contributed by atoms with Crippen molar-refractivity contribution in [3.63, 3.8) is 0 Å². The maximum atomic E-state index is 6.56. The molecule has 2 rings (SSSR count). The van der Waals surface area contributed by atoms with Crippen LogP contribution >= 0.6 is 0 Å². The van der Waals surface area contributed by atoms with Gasteiger partial charge < -0.3 is 10.5 Å². The van der Waals surface area contributed by atoms with Gasteiger partial charge in [0.05, 0.1) is 11.6 Å². The van der Waals surface area contributed by atoms with Crippen LogP contribution in [-0.2, 0) is 4.74 Å². The quantitative estimate of drug-likeness (QED) is 0.889. The first-order valence-corrected chi connectivity index (χ1v) is 7.53. The fourth-order valence-corrected chi connectivity index (χ4v) is 3.16. The van der Waals surface area contributed by atoms with Gasteiger partial charge in [0.1, 0.15) is 0 Å². The molecule has 2 heteroatoms. The van der Waals surface area contributed by atoms with Crippen molar-refractivity contribution in [2.24, 2.45) is 11.7 Å². The van der Waals surface area contributed by atoms with Crippen molar-refractivity contribution in [1.29, 1.82) is 0 Å². The highest BCUT2D eigenvalue weighted by Gasteiger charge is 2.40. The smallest absolute Gasteiger partial charge is 0.0874 e. The van der Waals surface area contributed by atoms with Crippen LogP contribution in [0.5, 0.6) is 0 Å². The fourth-order valence-electron chi connectivity index (χ4n) is 3.16. The number of benzene rings is 1. The van der Waals surface area contributed by atoms with Gasteiger partial charge in [-0.3, -0.25) is 0 Å². The Labute approximate surface area is 117 Å². The summed E-state index contributed by atoms with van der Waals surface area (Å²) in [5.74, 6) is 0.804. The predicted octanol–water partition coefficient (Wildman–Crippen LogP) is 3.98. The lowest BCUT2D eigenvalue weighted by Gasteiger charge is -2.43. The van der Waals surface area contributed by atoms with Crippen molar-refractivity contribution >= 4 is 0 Å². The molecule has 0 saturated heterocycles. The maximum absolute atomic E-state index is 6.56. The number of nitrogens with two attached hydrogens (primary N) is 1. The van der Waals surface area contributed by atoms with Gasteiger partial charge in [-0.05, 0) is 51.0 Å². The summed E-state index contributed by atoms with van der Waals surface area (Å²) < 4.78 is 6.14. The highest BCUT2D eigenvalue weighted by molar-refractivity contribution is 5.26. The Balaban J connectivity index is 2.20. The largest absolute Gasteiger partial charge is 0.373 e. The van der Waals surface area contributed by atoms with Gasteiger partial charge in [0.25, 0.3) is 0 Å². The second-order valence-electron chi connectivity index (χ2n) is 6.07. The van der Waals surface area contributed by atoms with Gasteiger partial charge in [-0.25, -0.2) is 0 Å². The van der Waals surface area contributed by atoms with Crippen LogP contribution in [0.15, 0.2) is 24.3 Å². The van der Waals surface area contributed by atoms with Gasteiger partial charge in [-0.15, -0.1) is 0 Å². The minimum absolute atomic E-state index is 0.0134. The molecule has 0 spiro atoms. The lowest BCUT2D eigenvalue weighted by Crippen LogP contribution is -2.46. The summed E-state index contributed by atoms with van der Waals surface area (Å²) in [5, 5.41) is 0. The third-order valence-corrected chi connectivity index (χ3v) is 4.56. The molecule has 1 atom stereocenters. The zero-order valence-corrected chi connectivity index (χ0v) is 12.5. The van der Waals surface area contributed by atoms with E-state index in [1.54, 1.807) is 0 Å². The molecule has 19 heavy (non-hydrogen) atoms. The van der Waals surface area contributed by atoms with Crippen molar-refractivity contribution in [3.05, 3.63) is 35.4 Å². The highest BCUT2D eigenvalue weighted by atomic mass is 16.5. The van der Waals surface area contributed by atoms with Crippen LogP contribution < -0.4 is 5.73 Å². The Bertz CT molecular complexity index is 390. The molecule has 2 nitrogen and oxygen atoms in total. The normalized spacial score (nSPS) is 29.2. The number of rotatable bonds is 4. The van der Waals surface area contributed by atoms with E-state index in [9.17, 15) is 0 Å². The zero-order chi connectivity index (χ0) is 13.9. The number of aryl methyl sites for hydroxylation is 1. The summed E-state index contributed by atoms with van der Waals surface area (Å²) in [4.78, 5) is 0. The van der Waals surface area contributed by atoms with E-state index in [1.807, 2.05) is 0 Å². The van der Waals surface area contributed by atoms with Crippen LogP contribution in [0.3, 0.4) is 0 Å². The van der Waals surface area contributed by atoms with Crippen molar-refractivity contribution in [1.82, 2.24) is 0 Å². The fraction of sp³-hybridized carbons (Fsp3) is 0.647. The van der Waals surface area contributed by atoms with Crippen LogP contribution in [0.2, 0.25) is 0 Å². The Hall–Kier alpha value is -0.860. The van der Waals surface area contributed by atoms with Crippen molar-refractivity contribution in [2.75, 3.05) is 6.61 Å². The molecule has 2 N–H and O–H groups in total. The molecular formula is C17H27NO. The summed E-state index contributed by atoms with van der Waals surface area (Å²) in [6, 6.07) is 8.57. The van der Waals surface area contributed by atoms with Crippen molar-refractivity contribution in [2.45, 2.75) is 58.1 Å². The molecule has 106 valence electrons. The highest BCUT2D eigenvalue weighted by Crippen LogP contribution is 2.42. The van der Waals surface area contributed by atoms with Crippen LogP contribution in [0, 0.1) is 12.8 Å². The molecule has 0 aromatic heterocycles. The minimum atomic E-state index is -0.156. The molecular weight excluding hydrogens is 234 g/mol. The first kappa shape index (κ1) is 14.5. The topological polar surface area (TPSA) is 35.2 Å². The van der Waals surface area contributed by atoms with Crippen LogP contribution in [0.25, 0.3) is 0 Å². The minimum Gasteiger partial charge on any atom is -0.373 e. The molecule has 1 unspecified atom stereocenters. The third kappa shape index (κ3) is 3.18. The molecule has 0 amide bonds. The van der Waals surface area contributed by atoms with Gasteiger partial charge in [0, 0.05) is 6.61 Å². The van der Waals surface area contributed by atoms with E-state index in [2.05, 4.69) is 45.0 Å². The van der Waals surface area contributed by atoms with E-state index in [-0.39, 0.29) is 11.6 Å². The zero-order valence-electron chi connectivity index (χ0n) is 12.5. The van der Waals surface area contributed by atoms with Gasteiger partial charge in [-0.2, -0.15) is 0 Å². The van der Waals surface area contributed by atoms with E-state index in [0.29, 0.717) is 0 Å². The average Bonchev–Trinajstić information content (AvgIpc) is 2.42. The number of ether oxygens (including phenoxy) is 1. The SMILES string of the molecule is CCOC1(C(N)c2ccc(C)cc2)CCC(C)CC1. The second kappa shape index (κ2) is 6.06. The molecule has 1 aliphatic rings. The predicted molar refractivity (Wildman–Crippen MR) is 80.1 cm³/mol. The van der Waals surface area contributed by atoms with Crippen molar-refractivity contribution in [3.8, 4) is 0 Å². The Kier molecular flexibility index (Phi) is 4.64. The molecule has 1 aromatic rings. The molecule has 0 radical (unpaired) electrons. The number of hydrogen-bond donors (Lipinski definition) is 1. The van der Waals surface area contributed by atoms with Gasteiger partial charge in [0.2, 0.25) is 0 Å². The molecule has 1 aromatic carbocycles. The summed E-state index contributed by atoms with van der Waals surface area (Å²) in [7, 11) is 0. The Morgan fingerprint density at radius 2 is 1.84 bits per heavy atom. The molecule has 0 heterocycles. The van der Waals surface area contributed by atoms with E-state index >= 15 is 0 Å². The first-order chi connectivity index (χ1) is 9.07. The maximum Gasteiger partial charge on any atom is 0.0874 e. The van der Waals surface area contributed by atoms with E-state index < -0.39 is 0 Å². The molecule has 0 bridgehead atoms. The van der Waals surface area contributed by atoms with E-state index in [1.165, 1.54) is 24.0 Å². The Morgan fingerprint density at radius 1 is 1.26 bits per heavy atom. The van der Waals surface area contributed by atoms with Gasteiger partial charge in [-0.1, -0.05) is 36.8 Å². The summed E-state index contributed by atoms with van der Waals surface area (Å²) >= 11 is 0. The van der Waals surface area contributed by atoms with Crippen LogP contribution in [0.1, 0.15) is 56.7 Å². The summed E-state index contributed by atoms with van der Waals surface area (Å²) in [6.45, 7) is 7.25. The second-order valence-corrected chi connectivity index (χ2v) is 6.07. The van der Waals surface area contributed by atoms with E-state index in [0.717, 1.165) is 25.4 Å². The standard InChI is InChI=1S/C17H27NO/c1-4-19-17(11-9-14(3)10-12-17)16(18)15-7-5-13(2)6-8-15/h5-8,14,16H,4,9-12,18H2,1-3H3. The summed E-state index contributed by atoms with van der Waals surface area (Å²) in [6.07, 6.45) is 4.60. The first-order valence-electron chi connectivity index (χ1n) is 7.53. The molecule has 0 aliphatic heterocycles. The average molecular weight is 261 g/mol. The molecule has 1 fully saturated rings. The van der Waals surface area contributed by atoms with Crippen molar-refractivity contribution < 1.29 is 4.74 Å². The molecule has 1 saturated carbocycles. The Morgan fingerprint density at radius 3 is 2.37 bits per heavy atom. The van der Waals surface area contributed by atoms with Crippen LogP contribution in [-0.4, -0.2) is 12.2 Å². The summed E-state index contributed by atoms with van der Waals surface area (Å²) in [5.41, 5.74) is 8.88. The van der Waals surface area contributed by atoms with E-state index in [4.69, 9.17) is 10.5 Å². The van der Waals surface area contributed by atoms with Crippen LogP contribution in [0.4, 0.5) is 0 Å². The molecule has 1 aliphatic carbocycles. The monoisotopic (exact) mass is 261 g/mol. The number of hydrogen-bond acceptors (Lipinski definition) is 2. The van der Waals surface area contributed by atoms with Gasteiger partial charge in [0.15, 0.2) is 0 Å². The lowest BCUT2D eigenvalue weighted by atomic mass is 9.73.